The second kappa shape index (κ2) is 7.82. The average molecular weight is 358 g/mol. The predicted molar refractivity (Wildman–Crippen MR) is 78.9 cm³/mol. The number of rotatable bonds is 3. The first-order chi connectivity index (χ1) is 8.77. The van der Waals surface area contributed by atoms with E-state index in [4.69, 9.17) is 0 Å². The zero-order chi connectivity index (χ0) is 12.5. The van der Waals surface area contributed by atoms with Gasteiger partial charge in [-0.2, -0.15) is 0 Å². The molecule has 1 aromatic carbocycles. The minimum atomic E-state index is -1.11. The molecule has 0 aliphatic heterocycles. The van der Waals surface area contributed by atoms with Gasteiger partial charge in [-0.05, 0) is 0 Å². The molecule has 0 heterocycles. The van der Waals surface area contributed by atoms with Gasteiger partial charge in [-0.15, -0.1) is 0 Å². The first-order valence-corrected chi connectivity index (χ1v) is 14.0. The summed E-state index contributed by atoms with van der Waals surface area (Å²) in [7, 11) is 0. The third-order valence-electron chi connectivity index (χ3n) is 3.90. The Balaban J connectivity index is 0.000001000. The van der Waals surface area contributed by atoms with Gasteiger partial charge >= 0.3 is 117 Å². The fraction of sp³-hybridized carbons (Fsp3) is 0.250. The zero-order valence-corrected chi connectivity index (χ0v) is 16.0. The summed E-state index contributed by atoms with van der Waals surface area (Å²) in [5, 5.41) is 0. The summed E-state index contributed by atoms with van der Waals surface area (Å²) in [6.07, 6.45) is 13.1. The Morgan fingerprint density at radius 1 is 1.15 bits per heavy atom. The molecule has 0 fully saturated rings. The maximum absolute atomic E-state index is 2.56. The van der Waals surface area contributed by atoms with Crippen molar-refractivity contribution in [3.05, 3.63) is 63.6 Å². The summed E-state index contributed by atoms with van der Waals surface area (Å²) < 4.78 is 2.61. The predicted octanol–water partition coefficient (Wildman–Crippen LogP) is -1.79. The molecule has 0 saturated heterocycles. The molecule has 4 heteroatoms. The Bertz CT molecular complexity index is 549. The van der Waals surface area contributed by atoms with Gasteiger partial charge in [-0.1, -0.05) is 0 Å². The summed E-state index contributed by atoms with van der Waals surface area (Å²) in [4.78, 5) is 0. The molecule has 2 aliphatic carbocycles. The molecule has 2 aliphatic rings. The standard InChI is InChI=1S/C9H7.C5H5.C2H7Si.2ClH.Ti/c1-2-5-9-7-3-6-8(9)4-1;1-2-4-5-3-1;1-3-2;;;/h1-7H;1-3H,4H2;3H,1-2H3;2*1H;/q;;;;;+2/p-2. The molecule has 1 atom stereocenters. The monoisotopic (exact) mass is 357 g/mol. The zero-order valence-electron chi connectivity index (χ0n) is 11.8. The van der Waals surface area contributed by atoms with Crippen molar-refractivity contribution in [2.75, 3.05) is 0 Å². The third-order valence-corrected chi connectivity index (χ3v) is 17.5. The normalized spacial score (nSPS) is 18.4. The fourth-order valence-electron chi connectivity index (χ4n) is 3.11. The van der Waals surface area contributed by atoms with Crippen LogP contribution in [0.25, 0.3) is 6.08 Å². The summed E-state index contributed by atoms with van der Waals surface area (Å²) in [5.41, 5.74) is 3.08. The second-order valence-corrected chi connectivity index (χ2v) is 19.1. The molecule has 1 aromatic rings. The van der Waals surface area contributed by atoms with Crippen LogP contribution in [0.1, 0.15) is 21.8 Å². The molecule has 20 heavy (non-hydrogen) atoms. The summed E-state index contributed by atoms with van der Waals surface area (Å²) in [6.45, 7) is 4.57. The van der Waals surface area contributed by atoms with E-state index in [1.54, 1.807) is 5.56 Å². The van der Waals surface area contributed by atoms with Crippen LogP contribution < -0.4 is 24.8 Å². The third kappa shape index (κ3) is 3.40. The van der Waals surface area contributed by atoms with Crippen LogP contribution in [0.5, 0.6) is 0 Å². The maximum atomic E-state index is 2.56. The Kier molecular flexibility index (Phi) is 7.04. The largest absolute Gasteiger partial charge is 1.00 e. The van der Waals surface area contributed by atoms with Crippen LogP contribution in [-0.2, 0) is 17.1 Å². The van der Waals surface area contributed by atoms with E-state index in [-0.39, 0.29) is 24.8 Å². The van der Waals surface area contributed by atoms with E-state index < -0.39 is 23.8 Å². The molecule has 3 rings (SSSR count). The van der Waals surface area contributed by atoms with Crippen molar-refractivity contribution in [2.24, 2.45) is 0 Å². The van der Waals surface area contributed by atoms with Crippen LogP contribution in [0.4, 0.5) is 0 Å². The van der Waals surface area contributed by atoms with E-state index in [1.165, 1.54) is 12.0 Å². The van der Waals surface area contributed by atoms with Gasteiger partial charge in [0.05, 0.1) is 0 Å². The van der Waals surface area contributed by atoms with Crippen LogP contribution in [0, 0.1) is 0 Å². The molecule has 105 valence electrons. The average Bonchev–Trinajstić information content (AvgIpc) is 3.00. The van der Waals surface area contributed by atoms with Gasteiger partial charge in [-0.25, -0.2) is 0 Å². The van der Waals surface area contributed by atoms with Gasteiger partial charge in [0.25, 0.3) is 0 Å². The van der Waals surface area contributed by atoms with Crippen molar-refractivity contribution in [3.8, 4) is 0 Å². The number of halogens is 2. The van der Waals surface area contributed by atoms with E-state index in [2.05, 4.69) is 67.7 Å². The van der Waals surface area contributed by atoms with E-state index in [0.717, 1.165) is 4.22 Å². The van der Waals surface area contributed by atoms with Crippen LogP contribution >= 0.6 is 0 Å². The van der Waals surface area contributed by atoms with E-state index >= 15 is 0 Å². The molecule has 0 spiro atoms. The quantitative estimate of drug-likeness (QED) is 0.560. The molecule has 0 aromatic heterocycles. The molecular formula is C16H19Cl2SiTi. The summed E-state index contributed by atoms with van der Waals surface area (Å²) in [5.74, 6) is 0. The van der Waals surface area contributed by atoms with Crippen LogP contribution in [0.2, 0.25) is 13.1 Å². The smallest absolute Gasteiger partial charge is 1.00 e. The van der Waals surface area contributed by atoms with Crippen LogP contribution in [0.3, 0.4) is 0 Å². The van der Waals surface area contributed by atoms with E-state index in [9.17, 15) is 0 Å². The minimum Gasteiger partial charge on any atom is -1.00 e. The summed E-state index contributed by atoms with van der Waals surface area (Å²) in [6, 6.07) is 8.99. The second-order valence-electron chi connectivity index (χ2n) is 5.40. The van der Waals surface area contributed by atoms with Gasteiger partial charge in [-0.3, -0.25) is 0 Å². The van der Waals surface area contributed by atoms with Crippen molar-refractivity contribution >= 4 is 12.7 Å². The minimum absolute atomic E-state index is 0. The van der Waals surface area contributed by atoms with Crippen LogP contribution in [0.15, 0.2) is 52.4 Å². The van der Waals surface area contributed by atoms with Gasteiger partial charge in [0, 0.05) is 0 Å². The molecule has 0 saturated carbocycles. The maximum Gasteiger partial charge on any atom is -1.00 e. The van der Waals surface area contributed by atoms with Crippen molar-refractivity contribution in [1.82, 2.24) is 0 Å². The fourth-order valence-corrected chi connectivity index (χ4v) is 16.5. The van der Waals surface area contributed by atoms with Gasteiger partial charge in [0.15, 0.2) is 0 Å². The number of benzene rings is 1. The van der Waals surface area contributed by atoms with Crippen molar-refractivity contribution in [3.63, 3.8) is 0 Å². The van der Waals surface area contributed by atoms with Crippen molar-refractivity contribution in [2.45, 2.75) is 23.7 Å². The Labute approximate surface area is 141 Å². The SMILES string of the molecule is C[SiH](C)[Ti+2]([C]1=CC=CC1)[CH]1C=Cc2ccccc21.[Cl-].[Cl-]. The first-order valence-electron chi connectivity index (χ1n) is 6.77. The Morgan fingerprint density at radius 3 is 2.55 bits per heavy atom. The Morgan fingerprint density at radius 2 is 1.90 bits per heavy atom. The van der Waals surface area contributed by atoms with Gasteiger partial charge < -0.3 is 24.8 Å². The number of hydrogen-bond donors (Lipinski definition) is 0. The molecule has 0 radical (unpaired) electrons. The first kappa shape index (κ1) is 18.0. The molecule has 0 bridgehead atoms. The molecule has 0 amide bonds. The van der Waals surface area contributed by atoms with Gasteiger partial charge in [0.1, 0.15) is 0 Å². The van der Waals surface area contributed by atoms with Gasteiger partial charge in [0.2, 0.25) is 0 Å². The number of allylic oxidation sites excluding steroid dienone is 5. The molecular weight excluding hydrogens is 339 g/mol. The molecule has 0 nitrogen and oxygen atoms in total. The van der Waals surface area contributed by atoms with Crippen LogP contribution in [-0.4, -0.2) is 6.66 Å². The molecule has 0 N–H and O–H groups in total. The number of hydrogen-bond acceptors (Lipinski definition) is 0. The van der Waals surface area contributed by atoms with E-state index in [0.29, 0.717) is 0 Å². The topological polar surface area (TPSA) is 0 Å². The molecule has 1 unspecified atom stereocenters. The Hall–Kier alpha value is -0.0488. The number of fused-ring (bicyclic) bond motifs is 1. The van der Waals surface area contributed by atoms with Crippen molar-refractivity contribution < 1.29 is 41.9 Å². The summed E-state index contributed by atoms with van der Waals surface area (Å²) >= 11 is -1.11. The van der Waals surface area contributed by atoms with E-state index in [1.807, 2.05) is 3.88 Å². The van der Waals surface area contributed by atoms with Crippen molar-refractivity contribution in [1.29, 1.82) is 0 Å².